The van der Waals surface area contributed by atoms with E-state index in [1.807, 2.05) is 0 Å². The number of hydrogen-bond acceptors (Lipinski definition) is 2. The third kappa shape index (κ3) is 2.42. The first-order valence-electron chi connectivity index (χ1n) is 4.40. The van der Waals surface area contributed by atoms with E-state index in [1.165, 1.54) is 0 Å². The van der Waals surface area contributed by atoms with Crippen molar-refractivity contribution in [3.05, 3.63) is 29.8 Å². The number of hydrogen-bond donors (Lipinski definition) is 0. The molecule has 0 saturated carbocycles. The van der Waals surface area contributed by atoms with Gasteiger partial charge in [-0.1, -0.05) is 18.2 Å². The van der Waals surface area contributed by atoms with Crippen molar-refractivity contribution in [3.63, 3.8) is 0 Å². The summed E-state index contributed by atoms with van der Waals surface area (Å²) in [4.78, 5) is 0. The quantitative estimate of drug-likeness (QED) is 0.695. The lowest BCUT2D eigenvalue weighted by molar-refractivity contribution is -0.0504. The average molecular weight is 200 g/mol. The SMILES string of the molecule is FC(F)Oc1ccccc1CC1CO1. The second kappa shape index (κ2) is 3.92. The molecule has 1 unspecified atom stereocenters. The molecule has 4 heteroatoms. The topological polar surface area (TPSA) is 21.8 Å². The zero-order chi connectivity index (χ0) is 9.97. The van der Waals surface area contributed by atoms with Crippen LogP contribution in [0.4, 0.5) is 8.78 Å². The van der Waals surface area contributed by atoms with Gasteiger partial charge in [-0.3, -0.25) is 0 Å². The maximum atomic E-state index is 12.0. The molecule has 1 aliphatic heterocycles. The number of benzene rings is 1. The highest BCUT2D eigenvalue weighted by Crippen LogP contribution is 2.25. The van der Waals surface area contributed by atoms with Crippen molar-refractivity contribution in [1.82, 2.24) is 0 Å². The van der Waals surface area contributed by atoms with E-state index in [9.17, 15) is 8.78 Å². The van der Waals surface area contributed by atoms with Gasteiger partial charge in [0.15, 0.2) is 0 Å². The van der Waals surface area contributed by atoms with Crippen molar-refractivity contribution >= 4 is 0 Å². The zero-order valence-corrected chi connectivity index (χ0v) is 7.45. The maximum absolute atomic E-state index is 12.0. The Kier molecular flexibility index (Phi) is 2.63. The van der Waals surface area contributed by atoms with E-state index in [-0.39, 0.29) is 11.9 Å². The standard InChI is InChI=1S/C10H10F2O2/c11-10(12)14-9-4-2-1-3-7(9)5-8-6-13-8/h1-4,8,10H,5-6H2. The van der Waals surface area contributed by atoms with Crippen LogP contribution >= 0.6 is 0 Å². The number of alkyl halides is 2. The summed E-state index contributed by atoms with van der Waals surface area (Å²) >= 11 is 0. The van der Waals surface area contributed by atoms with E-state index in [0.717, 1.165) is 5.56 Å². The Hall–Kier alpha value is -1.16. The number of halogens is 2. The molecule has 0 spiro atoms. The molecule has 0 radical (unpaired) electrons. The molecule has 0 N–H and O–H groups in total. The van der Waals surface area contributed by atoms with Crippen molar-refractivity contribution in [3.8, 4) is 5.75 Å². The normalized spacial score (nSPS) is 19.8. The van der Waals surface area contributed by atoms with Crippen LogP contribution in [0.3, 0.4) is 0 Å². The monoisotopic (exact) mass is 200 g/mol. The van der Waals surface area contributed by atoms with E-state index in [4.69, 9.17) is 4.74 Å². The summed E-state index contributed by atoms with van der Waals surface area (Å²) < 4.78 is 33.4. The summed E-state index contributed by atoms with van der Waals surface area (Å²) in [5.74, 6) is 0.248. The van der Waals surface area contributed by atoms with Gasteiger partial charge in [-0.25, -0.2) is 0 Å². The summed E-state index contributed by atoms with van der Waals surface area (Å²) in [6.07, 6.45) is 0.820. The summed E-state index contributed by atoms with van der Waals surface area (Å²) in [5, 5.41) is 0. The number of ether oxygens (including phenoxy) is 2. The summed E-state index contributed by atoms with van der Waals surface area (Å²) in [7, 11) is 0. The Balaban J connectivity index is 2.10. The molecule has 1 atom stereocenters. The Bertz CT molecular complexity index is 288. The Morgan fingerprint density at radius 1 is 1.43 bits per heavy atom. The zero-order valence-electron chi connectivity index (χ0n) is 7.45. The lowest BCUT2D eigenvalue weighted by Crippen LogP contribution is -2.05. The molecule has 1 aromatic carbocycles. The fraction of sp³-hybridized carbons (Fsp3) is 0.400. The third-order valence-electron chi connectivity index (χ3n) is 2.04. The Morgan fingerprint density at radius 3 is 2.79 bits per heavy atom. The highest BCUT2D eigenvalue weighted by atomic mass is 19.3. The van der Waals surface area contributed by atoms with Crippen LogP contribution in [0.1, 0.15) is 5.56 Å². The lowest BCUT2D eigenvalue weighted by atomic mass is 10.1. The van der Waals surface area contributed by atoms with Gasteiger partial charge in [0, 0.05) is 6.42 Å². The van der Waals surface area contributed by atoms with Gasteiger partial charge in [-0.2, -0.15) is 8.78 Å². The van der Waals surface area contributed by atoms with Crippen LogP contribution in [0.2, 0.25) is 0 Å². The molecule has 1 saturated heterocycles. The van der Waals surface area contributed by atoms with Crippen LogP contribution < -0.4 is 4.74 Å². The minimum Gasteiger partial charge on any atom is -0.435 e. The lowest BCUT2D eigenvalue weighted by Gasteiger charge is -2.08. The molecule has 0 amide bonds. The number of epoxide rings is 1. The largest absolute Gasteiger partial charge is 0.435 e. The van der Waals surface area contributed by atoms with E-state index in [0.29, 0.717) is 13.0 Å². The van der Waals surface area contributed by atoms with Crippen molar-refractivity contribution in [1.29, 1.82) is 0 Å². The van der Waals surface area contributed by atoms with Crippen LogP contribution in [0.15, 0.2) is 24.3 Å². The highest BCUT2D eigenvalue weighted by Gasteiger charge is 2.24. The smallest absolute Gasteiger partial charge is 0.387 e. The minimum atomic E-state index is -2.77. The van der Waals surface area contributed by atoms with Gasteiger partial charge >= 0.3 is 6.61 Å². The maximum Gasteiger partial charge on any atom is 0.387 e. The molecule has 76 valence electrons. The minimum absolute atomic E-state index is 0.178. The predicted octanol–water partition coefficient (Wildman–Crippen LogP) is 2.23. The number of para-hydroxylation sites is 1. The Morgan fingerprint density at radius 2 is 2.14 bits per heavy atom. The van der Waals surface area contributed by atoms with Gasteiger partial charge < -0.3 is 9.47 Å². The predicted molar refractivity (Wildman–Crippen MR) is 46.5 cm³/mol. The fourth-order valence-corrected chi connectivity index (χ4v) is 1.31. The van der Waals surface area contributed by atoms with Crippen LogP contribution in [0, 0.1) is 0 Å². The van der Waals surface area contributed by atoms with Crippen LogP contribution in [0.5, 0.6) is 5.75 Å². The van der Waals surface area contributed by atoms with E-state index in [1.54, 1.807) is 24.3 Å². The molecule has 1 aromatic rings. The average Bonchev–Trinajstić information content (AvgIpc) is 2.91. The molecule has 1 aliphatic rings. The first kappa shape index (κ1) is 9.40. The third-order valence-corrected chi connectivity index (χ3v) is 2.04. The van der Waals surface area contributed by atoms with E-state index in [2.05, 4.69) is 4.74 Å². The van der Waals surface area contributed by atoms with Gasteiger partial charge in [0.05, 0.1) is 12.7 Å². The van der Waals surface area contributed by atoms with Gasteiger partial charge in [0.2, 0.25) is 0 Å². The molecule has 1 fully saturated rings. The van der Waals surface area contributed by atoms with Crippen molar-refractivity contribution in [2.75, 3.05) is 6.61 Å². The van der Waals surface area contributed by atoms with Crippen LogP contribution in [0.25, 0.3) is 0 Å². The van der Waals surface area contributed by atoms with Gasteiger partial charge in [-0.05, 0) is 11.6 Å². The molecule has 2 nitrogen and oxygen atoms in total. The van der Waals surface area contributed by atoms with Crippen molar-refractivity contribution < 1.29 is 18.3 Å². The molecule has 14 heavy (non-hydrogen) atoms. The molecular weight excluding hydrogens is 190 g/mol. The molecule has 0 aromatic heterocycles. The molecule has 0 bridgehead atoms. The second-order valence-electron chi connectivity index (χ2n) is 3.15. The number of rotatable bonds is 4. The summed E-state index contributed by atoms with van der Waals surface area (Å²) in [6, 6.07) is 6.80. The van der Waals surface area contributed by atoms with Crippen LogP contribution in [-0.4, -0.2) is 19.3 Å². The van der Waals surface area contributed by atoms with Crippen molar-refractivity contribution in [2.24, 2.45) is 0 Å². The molecule has 1 heterocycles. The van der Waals surface area contributed by atoms with Gasteiger partial charge in [0.25, 0.3) is 0 Å². The Labute approximate surface area is 80.4 Å². The molecule has 0 aliphatic carbocycles. The van der Waals surface area contributed by atoms with Gasteiger partial charge in [0.1, 0.15) is 5.75 Å². The first-order valence-corrected chi connectivity index (χ1v) is 4.40. The summed E-state index contributed by atoms with van der Waals surface area (Å²) in [6.45, 7) is -2.06. The first-order chi connectivity index (χ1) is 6.75. The van der Waals surface area contributed by atoms with Crippen molar-refractivity contribution in [2.45, 2.75) is 19.1 Å². The van der Waals surface area contributed by atoms with E-state index >= 15 is 0 Å². The summed E-state index contributed by atoms with van der Waals surface area (Å²) in [5.41, 5.74) is 0.773. The molecule has 2 rings (SSSR count). The van der Waals surface area contributed by atoms with E-state index < -0.39 is 6.61 Å². The fourth-order valence-electron chi connectivity index (χ4n) is 1.31. The second-order valence-corrected chi connectivity index (χ2v) is 3.15. The molecular formula is C10H10F2O2. The highest BCUT2D eigenvalue weighted by molar-refractivity contribution is 5.34. The van der Waals surface area contributed by atoms with Gasteiger partial charge in [-0.15, -0.1) is 0 Å². The van der Waals surface area contributed by atoms with Crippen LogP contribution in [-0.2, 0) is 11.2 Å².